The first-order chi connectivity index (χ1) is 12.3. The van der Waals surface area contributed by atoms with Crippen molar-refractivity contribution in [3.05, 3.63) is 66.0 Å². The summed E-state index contributed by atoms with van der Waals surface area (Å²) in [6.07, 6.45) is 5.23. The molecule has 0 saturated carbocycles. The summed E-state index contributed by atoms with van der Waals surface area (Å²) in [4.78, 5) is 18.6. The molecule has 5 heteroatoms. The lowest BCUT2D eigenvalue weighted by atomic mass is 10.1. The highest BCUT2D eigenvalue weighted by atomic mass is 16.5. The van der Waals surface area contributed by atoms with E-state index >= 15 is 0 Å². The van der Waals surface area contributed by atoms with Gasteiger partial charge in [0.1, 0.15) is 0 Å². The second-order valence-electron chi connectivity index (χ2n) is 6.32. The third-order valence-electron chi connectivity index (χ3n) is 4.55. The number of carbonyl (C=O) groups is 1. The van der Waals surface area contributed by atoms with Crippen LogP contribution < -0.4 is 5.32 Å². The molecule has 3 rings (SSSR count). The molecule has 2 heterocycles. The fourth-order valence-electron chi connectivity index (χ4n) is 3.16. The van der Waals surface area contributed by atoms with Crippen molar-refractivity contribution in [3.63, 3.8) is 0 Å². The summed E-state index contributed by atoms with van der Waals surface area (Å²) in [5.41, 5.74) is 2.32. The van der Waals surface area contributed by atoms with Gasteiger partial charge in [-0.15, -0.1) is 0 Å². The van der Waals surface area contributed by atoms with Crippen LogP contribution in [0.1, 0.15) is 30.5 Å². The van der Waals surface area contributed by atoms with Gasteiger partial charge in [0.05, 0.1) is 18.8 Å². The van der Waals surface area contributed by atoms with Crippen LogP contribution in [0, 0.1) is 0 Å². The maximum absolute atomic E-state index is 12.7. The van der Waals surface area contributed by atoms with Gasteiger partial charge >= 0.3 is 6.03 Å². The second-order valence-corrected chi connectivity index (χ2v) is 6.32. The molecule has 0 unspecified atom stereocenters. The van der Waals surface area contributed by atoms with Gasteiger partial charge in [0.2, 0.25) is 0 Å². The number of pyridine rings is 1. The molecule has 0 radical (unpaired) electrons. The van der Waals surface area contributed by atoms with E-state index in [4.69, 9.17) is 4.74 Å². The maximum Gasteiger partial charge on any atom is 0.318 e. The van der Waals surface area contributed by atoms with Crippen LogP contribution in [0.25, 0.3) is 0 Å². The van der Waals surface area contributed by atoms with Crippen molar-refractivity contribution in [1.29, 1.82) is 0 Å². The zero-order valence-electron chi connectivity index (χ0n) is 14.6. The number of morpholine rings is 1. The SMILES string of the molecule is CC[C@@H](NC(=O)N1CCO[C@H](Cc2ccccc2)C1)c1ccncc1. The topological polar surface area (TPSA) is 54.5 Å². The van der Waals surface area contributed by atoms with Crippen LogP contribution in [-0.4, -0.2) is 41.7 Å². The Hall–Kier alpha value is -2.40. The standard InChI is InChI=1S/C20H25N3O2/c1-2-19(17-8-10-21-11-9-17)22-20(24)23-12-13-25-18(15-23)14-16-6-4-3-5-7-16/h3-11,18-19H,2,12-15H2,1H3,(H,22,24)/t18-,19-/m1/s1. The molecule has 132 valence electrons. The number of ether oxygens (including phenoxy) is 1. The number of urea groups is 1. The highest BCUT2D eigenvalue weighted by molar-refractivity contribution is 5.74. The third-order valence-corrected chi connectivity index (χ3v) is 4.55. The van der Waals surface area contributed by atoms with E-state index in [1.54, 1.807) is 12.4 Å². The minimum absolute atomic E-state index is 0.00548. The normalized spacial score (nSPS) is 18.6. The Morgan fingerprint density at radius 1 is 1.28 bits per heavy atom. The molecule has 2 atom stereocenters. The number of rotatable bonds is 5. The molecule has 1 aromatic heterocycles. The van der Waals surface area contributed by atoms with E-state index in [1.807, 2.05) is 35.2 Å². The van der Waals surface area contributed by atoms with Crippen molar-refractivity contribution in [2.45, 2.75) is 31.9 Å². The van der Waals surface area contributed by atoms with E-state index in [9.17, 15) is 4.79 Å². The Balaban J connectivity index is 1.58. The van der Waals surface area contributed by atoms with Crippen molar-refractivity contribution in [3.8, 4) is 0 Å². The Morgan fingerprint density at radius 3 is 2.76 bits per heavy atom. The van der Waals surface area contributed by atoms with Crippen molar-refractivity contribution >= 4 is 6.03 Å². The van der Waals surface area contributed by atoms with E-state index < -0.39 is 0 Å². The van der Waals surface area contributed by atoms with Gasteiger partial charge in [-0.3, -0.25) is 4.98 Å². The van der Waals surface area contributed by atoms with Crippen molar-refractivity contribution in [1.82, 2.24) is 15.2 Å². The highest BCUT2D eigenvalue weighted by Crippen LogP contribution is 2.17. The van der Waals surface area contributed by atoms with Crippen LogP contribution in [0.3, 0.4) is 0 Å². The zero-order valence-corrected chi connectivity index (χ0v) is 14.6. The Bertz CT molecular complexity index is 663. The number of carbonyl (C=O) groups excluding carboxylic acids is 1. The molecule has 2 aromatic rings. The highest BCUT2D eigenvalue weighted by Gasteiger charge is 2.25. The molecule has 1 aliphatic heterocycles. The Morgan fingerprint density at radius 2 is 2.04 bits per heavy atom. The lowest BCUT2D eigenvalue weighted by Crippen LogP contribution is -2.50. The number of aromatic nitrogens is 1. The van der Waals surface area contributed by atoms with E-state index in [1.165, 1.54) is 5.56 Å². The number of hydrogen-bond donors (Lipinski definition) is 1. The summed E-state index contributed by atoms with van der Waals surface area (Å²) in [6, 6.07) is 14.1. The Labute approximate surface area is 149 Å². The smallest absolute Gasteiger partial charge is 0.318 e. The lowest BCUT2D eigenvalue weighted by Gasteiger charge is -2.34. The molecule has 0 aliphatic carbocycles. The first-order valence-electron chi connectivity index (χ1n) is 8.87. The minimum Gasteiger partial charge on any atom is -0.374 e. The molecule has 1 N–H and O–H groups in total. The summed E-state index contributed by atoms with van der Waals surface area (Å²) in [6.45, 7) is 3.90. The van der Waals surface area contributed by atoms with Crippen molar-refractivity contribution < 1.29 is 9.53 Å². The maximum atomic E-state index is 12.7. The van der Waals surface area contributed by atoms with Gasteiger partial charge in [-0.05, 0) is 29.7 Å². The van der Waals surface area contributed by atoms with Crippen LogP contribution in [-0.2, 0) is 11.2 Å². The molecule has 1 fully saturated rings. The molecule has 2 amide bonds. The molecule has 1 aliphatic rings. The second kappa shape index (κ2) is 8.62. The average molecular weight is 339 g/mol. The minimum atomic E-state index is -0.0231. The van der Waals surface area contributed by atoms with E-state index in [2.05, 4.69) is 29.4 Å². The van der Waals surface area contributed by atoms with Crippen molar-refractivity contribution in [2.75, 3.05) is 19.7 Å². The number of hydrogen-bond acceptors (Lipinski definition) is 3. The van der Waals surface area contributed by atoms with Gasteiger partial charge in [0.15, 0.2) is 0 Å². The first-order valence-corrected chi connectivity index (χ1v) is 8.87. The van der Waals surface area contributed by atoms with Gasteiger partial charge in [-0.1, -0.05) is 37.3 Å². The number of amides is 2. The molecule has 0 bridgehead atoms. The largest absolute Gasteiger partial charge is 0.374 e. The molecule has 1 aromatic carbocycles. The van der Waals surface area contributed by atoms with E-state index in [-0.39, 0.29) is 18.2 Å². The van der Waals surface area contributed by atoms with Gasteiger partial charge in [0.25, 0.3) is 0 Å². The fraction of sp³-hybridized carbons (Fsp3) is 0.400. The van der Waals surface area contributed by atoms with E-state index in [0.717, 1.165) is 18.4 Å². The van der Waals surface area contributed by atoms with Crippen LogP contribution >= 0.6 is 0 Å². The van der Waals surface area contributed by atoms with Crippen LogP contribution in [0.5, 0.6) is 0 Å². The van der Waals surface area contributed by atoms with Crippen molar-refractivity contribution in [2.24, 2.45) is 0 Å². The van der Waals surface area contributed by atoms with Crippen LogP contribution in [0.15, 0.2) is 54.9 Å². The van der Waals surface area contributed by atoms with Gasteiger partial charge < -0.3 is 15.0 Å². The fourth-order valence-corrected chi connectivity index (χ4v) is 3.16. The molecule has 5 nitrogen and oxygen atoms in total. The molecule has 0 spiro atoms. The van der Waals surface area contributed by atoms with E-state index in [0.29, 0.717) is 19.7 Å². The molecule has 1 saturated heterocycles. The quantitative estimate of drug-likeness (QED) is 0.910. The summed E-state index contributed by atoms with van der Waals surface area (Å²) in [7, 11) is 0. The van der Waals surface area contributed by atoms with Crippen LogP contribution in [0.4, 0.5) is 4.79 Å². The Kier molecular flexibility index (Phi) is 6.01. The van der Waals surface area contributed by atoms with Gasteiger partial charge in [-0.2, -0.15) is 0 Å². The third kappa shape index (κ3) is 4.79. The average Bonchev–Trinajstić information content (AvgIpc) is 2.67. The number of nitrogens with zero attached hydrogens (tertiary/aromatic N) is 2. The lowest BCUT2D eigenvalue weighted by molar-refractivity contribution is -0.0136. The predicted octanol–water partition coefficient (Wildman–Crippen LogP) is 3.19. The summed E-state index contributed by atoms with van der Waals surface area (Å²) < 4.78 is 5.85. The first kappa shape index (κ1) is 17.4. The summed E-state index contributed by atoms with van der Waals surface area (Å²) in [5.74, 6) is 0. The predicted molar refractivity (Wildman–Crippen MR) is 97.3 cm³/mol. The zero-order chi connectivity index (χ0) is 17.5. The number of nitrogens with one attached hydrogen (secondary N) is 1. The molecule has 25 heavy (non-hydrogen) atoms. The summed E-state index contributed by atoms with van der Waals surface area (Å²) in [5, 5.41) is 3.14. The van der Waals surface area contributed by atoms with Gasteiger partial charge in [-0.25, -0.2) is 4.79 Å². The molecular formula is C20H25N3O2. The van der Waals surface area contributed by atoms with Gasteiger partial charge in [0, 0.05) is 31.9 Å². The summed E-state index contributed by atoms with van der Waals surface area (Å²) >= 11 is 0. The number of benzene rings is 1. The molecular weight excluding hydrogens is 314 g/mol. The van der Waals surface area contributed by atoms with Crippen LogP contribution in [0.2, 0.25) is 0 Å². The monoisotopic (exact) mass is 339 g/mol.